The molecule has 0 aliphatic rings. The van der Waals surface area contributed by atoms with Gasteiger partial charge in [0.15, 0.2) is 0 Å². The molecule has 0 aromatic carbocycles. The lowest BCUT2D eigenvalue weighted by Crippen LogP contribution is -2.52. The molecule has 112 valence electrons. The molecule has 1 heterocycles. The van der Waals surface area contributed by atoms with Crippen molar-refractivity contribution in [2.45, 2.75) is 24.6 Å². The quantitative estimate of drug-likeness (QED) is 0.828. The van der Waals surface area contributed by atoms with Gasteiger partial charge < -0.3 is 10.7 Å². The maximum absolute atomic E-state index is 12.6. The lowest BCUT2D eigenvalue weighted by Gasteiger charge is -2.21. The number of ketones is 1. The highest BCUT2D eigenvalue weighted by Crippen LogP contribution is 2.36. The molecule has 0 amide bonds. The first-order valence-electron chi connectivity index (χ1n) is 4.38. The standard InChI is InChI=1S/C8H8F5N3O.2ClH/c9-7(10,8(11,12)13)6(17)5(14)1-4-2-15-3-16-4;;/h2-3,5H,1,14H2,(H,15,16);2*1H/t5-;;/m0../s1. The number of carbonyl (C=O) groups excluding carboxylic acids is 1. The molecular formula is C8H10Cl2F5N3O. The third-order valence-electron chi connectivity index (χ3n) is 2.00. The van der Waals surface area contributed by atoms with Gasteiger partial charge in [-0.3, -0.25) is 4.79 Å². The number of Topliss-reactive ketones (excluding diaryl/α,β-unsaturated/α-hetero) is 1. The Hall–Kier alpha value is -0.930. The maximum atomic E-state index is 12.6. The number of hydrogen-bond donors (Lipinski definition) is 2. The van der Waals surface area contributed by atoms with Crippen molar-refractivity contribution in [1.82, 2.24) is 9.97 Å². The number of imidazole rings is 1. The Kier molecular flexibility index (Phi) is 7.53. The molecule has 1 aromatic heterocycles. The van der Waals surface area contributed by atoms with Gasteiger partial charge in [-0.1, -0.05) is 0 Å². The summed E-state index contributed by atoms with van der Waals surface area (Å²) >= 11 is 0. The zero-order chi connectivity index (χ0) is 13.3. The number of hydrogen-bond acceptors (Lipinski definition) is 3. The second-order valence-corrected chi connectivity index (χ2v) is 3.32. The Bertz CT molecular complexity index is 396. The van der Waals surface area contributed by atoms with E-state index in [-0.39, 0.29) is 30.5 Å². The Labute approximate surface area is 116 Å². The minimum atomic E-state index is -5.93. The molecule has 0 saturated heterocycles. The number of rotatable bonds is 4. The van der Waals surface area contributed by atoms with E-state index >= 15 is 0 Å². The highest BCUT2D eigenvalue weighted by Gasteiger charge is 2.63. The van der Waals surface area contributed by atoms with Crippen LogP contribution in [0.5, 0.6) is 0 Å². The summed E-state index contributed by atoms with van der Waals surface area (Å²) in [5, 5.41) is 0. The number of halogens is 7. The van der Waals surface area contributed by atoms with Crippen molar-refractivity contribution in [1.29, 1.82) is 0 Å². The summed E-state index contributed by atoms with van der Waals surface area (Å²) in [6.07, 6.45) is -4.03. The number of aromatic amines is 1. The minimum Gasteiger partial charge on any atom is -0.348 e. The van der Waals surface area contributed by atoms with Crippen LogP contribution in [0.4, 0.5) is 22.0 Å². The molecule has 0 aliphatic carbocycles. The Morgan fingerprint density at radius 2 is 1.84 bits per heavy atom. The third kappa shape index (κ3) is 4.59. The molecular weight excluding hydrogens is 320 g/mol. The van der Waals surface area contributed by atoms with Crippen molar-refractivity contribution in [3.63, 3.8) is 0 Å². The van der Waals surface area contributed by atoms with Crippen LogP contribution in [-0.4, -0.2) is 33.9 Å². The molecule has 0 saturated carbocycles. The summed E-state index contributed by atoms with van der Waals surface area (Å²) < 4.78 is 60.9. The highest BCUT2D eigenvalue weighted by atomic mass is 35.5. The van der Waals surface area contributed by atoms with Gasteiger partial charge in [0.25, 0.3) is 0 Å². The second kappa shape index (κ2) is 7.01. The van der Waals surface area contributed by atoms with Gasteiger partial charge in [0, 0.05) is 18.3 Å². The van der Waals surface area contributed by atoms with E-state index in [4.69, 9.17) is 5.73 Å². The van der Waals surface area contributed by atoms with Crippen LogP contribution >= 0.6 is 24.8 Å². The summed E-state index contributed by atoms with van der Waals surface area (Å²) in [5.41, 5.74) is 5.21. The number of nitrogens with two attached hydrogens (primary N) is 1. The second-order valence-electron chi connectivity index (χ2n) is 3.32. The molecule has 11 heteroatoms. The Morgan fingerprint density at radius 3 is 2.21 bits per heavy atom. The summed E-state index contributed by atoms with van der Waals surface area (Å²) in [4.78, 5) is 16.9. The van der Waals surface area contributed by atoms with Crippen molar-refractivity contribution < 1.29 is 26.7 Å². The number of H-pyrrole nitrogens is 1. The summed E-state index contributed by atoms with van der Waals surface area (Å²) in [5.74, 6) is -7.80. The number of nitrogens with one attached hydrogen (secondary N) is 1. The topological polar surface area (TPSA) is 71.8 Å². The molecule has 1 aromatic rings. The first-order valence-corrected chi connectivity index (χ1v) is 4.38. The fourth-order valence-corrected chi connectivity index (χ4v) is 1.10. The van der Waals surface area contributed by atoms with Crippen LogP contribution in [0.25, 0.3) is 0 Å². The van der Waals surface area contributed by atoms with E-state index < -0.39 is 30.3 Å². The Balaban J connectivity index is 0. The van der Waals surface area contributed by atoms with Crippen LogP contribution in [0.3, 0.4) is 0 Å². The van der Waals surface area contributed by atoms with Crippen LogP contribution in [0.15, 0.2) is 12.5 Å². The van der Waals surface area contributed by atoms with Gasteiger partial charge in [0.2, 0.25) is 5.78 Å². The van der Waals surface area contributed by atoms with Crippen molar-refractivity contribution in [2.75, 3.05) is 0 Å². The number of alkyl halides is 5. The fourth-order valence-electron chi connectivity index (χ4n) is 1.10. The summed E-state index contributed by atoms with van der Waals surface area (Å²) in [6, 6.07) is -1.95. The molecule has 0 unspecified atom stereocenters. The average molecular weight is 330 g/mol. The van der Waals surface area contributed by atoms with Gasteiger partial charge in [-0.05, 0) is 0 Å². The van der Waals surface area contributed by atoms with E-state index in [2.05, 4.69) is 9.97 Å². The zero-order valence-corrected chi connectivity index (χ0v) is 10.7. The predicted molar refractivity (Wildman–Crippen MR) is 60.8 cm³/mol. The van der Waals surface area contributed by atoms with Gasteiger partial charge in [0.05, 0.1) is 12.4 Å². The van der Waals surface area contributed by atoms with Crippen molar-refractivity contribution in [2.24, 2.45) is 5.73 Å². The largest absolute Gasteiger partial charge is 0.461 e. The normalized spacial score (nSPS) is 13.2. The third-order valence-corrected chi connectivity index (χ3v) is 2.00. The lowest BCUT2D eigenvalue weighted by atomic mass is 10.0. The predicted octanol–water partition coefficient (Wildman–Crippen LogP) is 1.89. The maximum Gasteiger partial charge on any atom is 0.461 e. The van der Waals surface area contributed by atoms with E-state index in [1.54, 1.807) is 0 Å². The molecule has 1 rings (SSSR count). The van der Waals surface area contributed by atoms with Gasteiger partial charge in [-0.25, -0.2) is 4.98 Å². The van der Waals surface area contributed by atoms with Crippen molar-refractivity contribution >= 4 is 30.6 Å². The first-order chi connectivity index (χ1) is 7.66. The molecule has 19 heavy (non-hydrogen) atoms. The van der Waals surface area contributed by atoms with E-state index in [1.165, 1.54) is 12.5 Å². The molecule has 0 fully saturated rings. The van der Waals surface area contributed by atoms with E-state index in [0.29, 0.717) is 0 Å². The smallest absolute Gasteiger partial charge is 0.348 e. The van der Waals surface area contributed by atoms with Crippen LogP contribution in [0, 0.1) is 0 Å². The molecule has 0 radical (unpaired) electrons. The van der Waals surface area contributed by atoms with Crippen molar-refractivity contribution in [3.05, 3.63) is 18.2 Å². The zero-order valence-electron chi connectivity index (χ0n) is 9.08. The van der Waals surface area contributed by atoms with Crippen LogP contribution in [0.1, 0.15) is 5.69 Å². The van der Waals surface area contributed by atoms with Gasteiger partial charge in [0.1, 0.15) is 0 Å². The van der Waals surface area contributed by atoms with Crippen LogP contribution < -0.4 is 5.73 Å². The molecule has 0 aliphatic heterocycles. The van der Waals surface area contributed by atoms with Crippen LogP contribution in [-0.2, 0) is 11.2 Å². The molecule has 4 nitrogen and oxygen atoms in total. The van der Waals surface area contributed by atoms with Crippen LogP contribution in [0.2, 0.25) is 0 Å². The molecule has 3 N–H and O–H groups in total. The fraction of sp³-hybridized carbons (Fsp3) is 0.500. The molecule has 0 bridgehead atoms. The van der Waals surface area contributed by atoms with Gasteiger partial charge in [-0.15, -0.1) is 24.8 Å². The average Bonchev–Trinajstić information content (AvgIpc) is 2.67. The Morgan fingerprint density at radius 1 is 1.32 bits per heavy atom. The molecule has 1 atom stereocenters. The highest BCUT2D eigenvalue weighted by molar-refractivity contribution is 5.91. The van der Waals surface area contributed by atoms with Gasteiger partial charge >= 0.3 is 12.1 Å². The summed E-state index contributed by atoms with van der Waals surface area (Å²) in [6.45, 7) is 0. The number of aromatic nitrogens is 2. The lowest BCUT2D eigenvalue weighted by molar-refractivity contribution is -0.269. The SMILES string of the molecule is Cl.Cl.N[C@@H](Cc1cnc[nH]1)C(=O)C(F)(F)C(F)(F)F. The van der Waals surface area contributed by atoms with Crippen molar-refractivity contribution in [3.8, 4) is 0 Å². The number of carbonyl (C=O) groups is 1. The summed E-state index contributed by atoms with van der Waals surface area (Å²) in [7, 11) is 0. The van der Waals surface area contributed by atoms with E-state index in [9.17, 15) is 26.7 Å². The molecule has 0 spiro atoms. The van der Waals surface area contributed by atoms with E-state index in [0.717, 1.165) is 0 Å². The number of nitrogens with zero attached hydrogens (tertiary/aromatic N) is 1. The monoisotopic (exact) mass is 329 g/mol. The minimum absolute atomic E-state index is 0. The van der Waals surface area contributed by atoms with Gasteiger partial charge in [-0.2, -0.15) is 22.0 Å². The van der Waals surface area contributed by atoms with E-state index in [1.807, 2.05) is 0 Å². The first kappa shape index (κ1) is 20.4.